The second-order valence-corrected chi connectivity index (χ2v) is 4.96. The summed E-state index contributed by atoms with van der Waals surface area (Å²) in [6.07, 6.45) is 0. The Balaban J connectivity index is 2.11. The van der Waals surface area contributed by atoms with E-state index in [2.05, 4.69) is 10.3 Å². The first-order valence-electron chi connectivity index (χ1n) is 5.93. The summed E-state index contributed by atoms with van der Waals surface area (Å²) >= 11 is 1.40. The molecule has 0 aliphatic rings. The molecule has 0 aliphatic carbocycles. The summed E-state index contributed by atoms with van der Waals surface area (Å²) in [7, 11) is 1.74. The van der Waals surface area contributed by atoms with Crippen LogP contribution in [0, 0.1) is 0 Å². The Bertz CT molecular complexity index is 564. The normalized spacial score (nSPS) is 10.2. The Morgan fingerprint density at radius 3 is 2.74 bits per heavy atom. The van der Waals surface area contributed by atoms with Gasteiger partial charge in [0.05, 0.1) is 5.69 Å². The van der Waals surface area contributed by atoms with Gasteiger partial charge in [0.25, 0.3) is 0 Å². The van der Waals surface area contributed by atoms with Gasteiger partial charge in [-0.25, -0.2) is 9.78 Å². The Labute approximate surface area is 116 Å². The summed E-state index contributed by atoms with van der Waals surface area (Å²) in [6, 6.07) is 7.33. The quantitative estimate of drug-likeness (QED) is 0.847. The van der Waals surface area contributed by atoms with Gasteiger partial charge >= 0.3 is 6.03 Å². The topological polar surface area (TPSA) is 71.2 Å². The maximum atomic E-state index is 11.7. The van der Waals surface area contributed by atoms with Crippen LogP contribution in [0.25, 0.3) is 11.3 Å². The van der Waals surface area contributed by atoms with Gasteiger partial charge in [-0.05, 0) is 19.1 Å². The molecule has 0 aliphatic heterocycles. The molecule has 0 fully saturated rings. The molecule has 0 spiro atoms. The zero-order valence-corrected chi connectivity index (χ0v) is 11.7. The third-order valence-corrected chi connectivity index (χ3v) is 3.50. The number of nitrogens with two attached hydrogens (primary N) is 1. The van der Waals surface area contributed by atoms with Crippen molar-refractivity contribution in [1.29, 1.82) is 0 Å². The van der Waals surface area contributed by atoms with Crippen molar-refractivity contribution >= 4 is 28.2 Å². The van der Waals surface area contributed by atoms with Gasteiger partial charge in [0.1, 0.15) is 0 Å². The molecule has 3 N–H and O–H groups in total. The molecular formula is C13H16N4OS. The summed E-state index contributed by atoms with van der Waals surface area (Å²) in [5, 5.41) is 5.27. The molecule has 0 bridgehead atoms. The van der Waals surface area contributed by atoms with Crippen LogP contribution in [0.2, 0.25) is 0 Å². The minimum atomic E-state index is -0.152. The first kappa shape index (κ1) is 13.4. The largest absolute Gasteiger partial charge is 0.399 e. The first-order chi connectivity index (χ1) is 9.10. The van der Waals surface area contributed by atoms with Crippen LogP contribution in [0.3, 0.4) is 0 Å². The highest BCUT2D eigenvalue weighted by atomic mass is 32.1. The zero-order chi connectivity index (χ0) is 13.8. The highest BCUT2D eigenvalue weighted by Gasteiger charge is 2.10. The molecule has 19 heavy (non-hydrogen) atoms. The molecule has 0 saturated heterocycles. The number of nitrogen functional groups attached to an aromatic ring is 1. The second-order valence-electron chi connectivity index (χ2n) is 4.10. The SMILES string of the molecule is CCN(C)C(=O)Nc1nc(-c2ccc(N)cc2)cs1. The molecule has 1 aromatic heterocycles. The van der Waals surface area contributed by atoms with Gasteiger partial charge in [-0.2, -0.15) is 0 Å². The molecule has 0 atom stereocenters. The predicted molar refractivity (Wildman–Crippen MR) is 79.3 cm³/mol. The van der Waals surface area contributed by atoms with Crippen molar-refractivity contribution in [3.05, 3.63) is 29.6 Å². The van der Waals surface area contributed by atoms with E-state index in [0.29, 0.717) is 11.7 Å². The number of nitrogens with zero attached hydrogens (tertiary/aromatic N) is 2. The van der Waals surface area contributed by atoms with Crippen LogP contribution in [0.15, 0.2) is 29.6 Å². The molecule has 0 saturated carbocycles. The standard InChI is InChI=1S/C13H16N4OS/c1-3-17(2)13(18)16-12-15-11(8-19-12)9-4-6-10(14)7-5-9/h4-8H,3,14H2,1-2H3,(H,15,16,18). The van der Waals surface area contributed by atoms with Crippen LogP contribution < -0.4 is 11.1 Å². The Morgan fingerprint density at radius 1 is 1.42 bits per heavy atom. The number of benzene rings is 1. The fourth-order valence-electron chi connectivity index (χ4n) is 1.45. The fraction of sp³-hybridized carbons (Fsp3) is 0.231. The van der Waals surface area contributed by atoms with Crippen LogP contribution in [0.4, 0.5) is 15.6 Å². The van der Waals surface area contributed by atoms with Gasteiger partial charge in [0, 0.05) is 30.2 Å². The predicted octanol–water partition coefficient (Wildman–Crippen LogP) is 2.88. The van der Waals surface area contributed by atoms with Crippen LogP contribution >= 0.6 is 11.3 Å². The van der Waals surface area contributed by atoms with E-state index >= 15 is 0 Å². The third kappa shape index (κ3) is 3.23. The van der Waals surface area contributed by atoms with Gasteiger partial charge in [-0.15, -0.1) is 11.3 Å². The number of carbonyl (C=O) groups is 1. The number of hydrogen-bond acceptors (Lipinski definition) is 4. The monoisotopic (exact) mass is 276 g/mol. The minimum Gasteiger partial charge on any atom is -0.399 e. The number of nitrogens with one attached hydrogen (secondary N) is 1. The minimum absolute atomic E-state index is 0.152. The summed E-state index contributed by atoms with van der Waals surface area (Å²) in [4.78, 5) is 17.7. The number of aromatic nitrogens is 1. The first-order valence-corrected chi connectivity index (χ1v) is 6.81. The van der Waals surface area contributed by atoms with Crippen LogP contribution in [0.1, 0.15) is 6.92 Å². The van der Waals surface area contributed by atoms with Crippen LogP contribution in [-0.2, 0) is 0 Å². The van der Waals surface area contributed by atoms with Crippen molar-refractivity contribution in [2.45, 2.75) is 6.92 Å². The van der Waals surface area contributed by atoms with Crippen molar-refractivity contribution < 1.29 is 4.79 Å². The molecule has 2 rings (SSSR count). The van der Waals surface area contributed by atoms with Gasteiger partial charge < -0.3 is 10.6 Å². The Kier molecular flexibility index (Phi) is 4.01. The third-order valence-electron chi connectivity index (χ3n) is 2.75. The van der Waals surface area contributed by atoms with Gasteiger partial charge in [0.2, 0.25) is 0 Å². The van der Waals surface area contributed by atoms with E-state index in [1.165, 1.54) is 11.3 Å². The van der Waals surface area contributed by atoms with Crippen molar-refractivity contribution in [1.82, 2.24) is 9.88 Å². The number of thiazole rings is 1. The van der Waals surface area contributed by atoms with Crippen molar-refractivity contribution in [3.8, 4) is 11.3 Å². The summed E-state index contributed by atoms with van der Waals surface area (Å²) < 4.78 is 0. The highest BCUT2D eigenvalue weighted by molar-refractivity contribution is 7.14. The lowest BCUT2D eigenvalue weighted by atomic mass is 10.1. The van der Waals surface area contributed by atoms with E-state index in [4.69, 9.17) is 5.73 Å². The van der Waals surface area contributed by atoms with Crippen LogP contribution in [0.5, 0.6) is 0 Å². The van der Waals surface area contributed by atoms with E-state index in [-0.39, 0.29) is 6.03 Å². The second kappa shape index (κ2) is 5.71. The fourth-order valence-corrected chi connectivity index (χ4v) is 2.16. The molecule has 1 aromatic carbocycles. The van der Waals surface area contributed by atoms with Gasteiger partial charge in [-0.1, -0.05) is 12.1 Å². The number of anilines is 2. The van der Waals surface area contributed by atoms with Crippen molar-refractivity contribution in [2.24, 2.45) is 0 Å². The lowest BCUT2D eigenvalue weighted by Gasteiger charge is -2.13. The lowest BCUT2D eigenvalue weighted by molar-refractivity contribution is 0.224. The molecule has 2 aromatic rings. The summed E-state index contributed by atoms with van der Waals surface area (Å²) in [6.45, 7) is 2.57. The van der Waals surface area contributed by atoms with E-state index in [9.17, 15) is 4.79 Å². The molecule has 100 valence electrons. The average molecular weight is 276 g/mol. The molecule has 1 heterocycles. The number of carbonyl (C=O) groups excluding carboxylic acids is 1. The van der Waals surface area contributed by atoms with Crippen molar-refractivity contribution in [2.75, 3.05) is 24.6 Å². The van der Waals surface area contributed by atoms with Gasteiger partial charge in [-0.3, -0.25) is 5.32 Å². The Hall–Kier alpha value is -2.08. The highest BCUT2D eigenvalue weighted by Crippen LogP contribution is 2.25. The number of hydrogen-bond donors (Lipinski definition) is 2. The molecule has 0 radical (unpaired) electrons. The molecule has 5 nitrogen and oxygen atoms in total. The molecular weight excluding hydrogens is 260 g/mol. The summed E-state index contributed by atoms with van der Waals surface area (Å²) in [5.74, 6) is 0. The molecule has 0 unspecified atom stereocenters. The summed E-state index contributed by atoms with van der Waals surface area (Å²) in [5.41, 5.74) is 8.18. The number of rotatable bonds is 3. The zero-order valence-electron chi connectivity index (χ0n) is 10.9. The Morgan fingerprint density at radius 2 is 2.11 bits per heavy atom. The van der Waals surface area contributed by atoms with Gasteiger partial charge in [0.15, 0.2) is 5.13 Å². The van der Waals surface area contributed by atoms with E-state index in [0.717, 1.165) is 16.9 Å². The van der Waals surface area contributed by atoms with Crippen molar-refractivity contribution in [3.63, 3.8) is 0 Å². The van der Waals surface area contributed by atoms with E-state index < -0.39 is 0 Å². The molecule has 6 heteroatoms. The van der Waals surface area contributed by atoms with Crippen LogP contribution in [-0.4, -0.2) is 29.5 Å². The number of amides is 2. The lowest BCUT2D eigenvalue weighted by Crippen LogP contribution is -2.30. The average Bonchev–Trinajstić information content (AvgIpc) is 2.87. The van der Waals surface area contributed by atoms with E-state index in [1.807, 2.05) is 36.6 Å². The number of urea groups is 1. The maximum absolute atomic E-state index is 11.7. The smallest absolute Gasteiger partial charge is 0.323 e. The molecule has 2 amide bonds. The maximum Gasteiger partial charge on any atom is 0.323 e. The van der Waals surface area contributed by atoms with E-state index in [1.54, 1.807) is 11.9 Å².